The molecule has 0 aliphatic carbocycles. The van der Waals surface area contributed by atoms with Gasteiger partial charge in [0.15, 0.2) is 0 Å². The molecule has 0 spiro atoms. The third-order valence-electron chi connectivity index (χ3n) is 7.19. The highest BCUT2D eigenvalue weighted by atomic mass is 16.5. The number of piperidine rings is 2. The number of fused-ring (bicyclic) bond motifs is 1. The van der Waals surface area contributed by atoms with Crippen LogP contribution >= 0.6 is 0 Å². The molecule has 5 rings (SSSR count). The fourth-order valence-corrected chi connectivity index (χ4v) is 5.36. The minimum Gasteiger partial charge on any atom is -0.377 e. The smallest absolute Gasteiger partial charge is 0.262 e. The molecule has 9 nitrogen and oxygen atoms in total. The van der Waals surface area contributed by atoms with Crippen molar-refractivity contribution in [1.82, 2.24) is 20.4 Å². The van der Waals surface area contributed by atoms with Gasteiger partial charge in [0.1, 0.15) is 6.04 Å². The zero-order valence-corrected chi connectivity index (χ0v) is 18.7. The standard InChI is InChI=1S/C24H30N4O5/c29-20-7-6-19(22(30)26-20)28-23(31)18-5-1-3-15(21(18)24(28)32)14-27-10-8-16(9-11-27)25-13-17-4-2-12-33-17/h1,3,5,16-17,19,25H,2,4,6-14H2,(H,26,29,30). The Bertz CT molecular complexity index is 966. The number of nitrogens with zero attached hydrogens (tertiary/aromatic N) is 2. The number of likely N-dealkylation sites (tertiary alicyclic amines) is 1. The average molecular weight is 455 g/mol. The van der Waals surface area contributed by atoms with E-state index in [-0.39, 0.29) is 18.7 Å². The molecule has 0 radical (unpaired) electrons. The lowest BCUT2D eigenvalue weighted by Crippen LogP contribution is -2.54. The van der Waals surface area contributed by atoms with Crippen molar-refractivity contribution in [3.8, 4) is 0 Å². The van der Waals surface area contributed by atoms with E-state index < -0.39 is 23.8 Å². The van der Waals surface area contributed by atoms with Crippen LogP contribution in [0.5, 0.6) is 0 Å². The van der Waals surface area contributed by atoms with Crippen LogP contribution in [0.3, 0.4) is 0 Å². The molecule has 4 amide bonds. The molecule has 33 heavy (non-hydrogen) atoms. The minimum atomic E-state index is -0.936. The monoisotopic (exact) mass is 454 g/mol. The molecule has 1 aromatic carbocycles. The van der Waals surface area contributed by atoms with E-state index in [0.717, 1.165) is 62.4 Å². The first-order valence-corrected chi connectivity index (χ1v) is 11.9. The van der Waals surface area contributed by atoms with E-state index in [4.69, 9.17) is 4.74 Å². The molecule has 4 aliphatic rings. The second kappa shape index (κ2) is 9.32. The third-order valence-corrected chi connectivity index (χ3v) is 7.19. The summed E-state index contributed by atoms with van der Waals surface area (Å²) in [5.41, 5.74) is 1.55. The Balaban J connectivity index is 1.22. The Kier molecular flexibility index (Phi) is 6.27. The molecular weight excluding hydrogens is 424 g/mol. The van der Waals surface area contributed by atoms with E-state index in [1.54, 1.807) is 12.1 Å². The number of carbonyl (C=O) groups excluding carboxylic acids is 4. The summed E-state index contributed by atoms with van der Waals surface area (Å²) in [5.74, 6) is -1.85. The molecule has 1 aromatic rings. The summed E-state index contributed by atoms with van der Waals surface area (Å²) in [7, 11) is 0. The predicted octanol–water partition coefficient (Wildman–Crippen LogP) is 0.821. The fourth-order valence-electron chi connectivity index (χ4n) is 5.36. The zero-order valence-electron chi connectivity index (χ0n) is 18.7. The summed E-state index contributed by atoms with van der Waals surface area (Å²) in [5, 5.41) is 5.87. The topological polar surface area (TPSA) is 108 Å². The third kappa shape index (κ3) is 4.45. The fraction of sp³-hybridized carbons (Fsp3) is 0.583. The van der Waals surface area contributed by atoms with Gasteiger partial charge in [-0.2, -0.15) is 0 Å². The Morgan fingerprint density at radius 3 is 2.58 bits per heavy atom. The molecule has 4 aliphatic heterocycles. The van der Waals surface area contributed by atoms with Gasteiger partial charge in [0.2, 0.25) is 11.8 Å². The molecule has 3 saturated heterocycles. The lowest BCUT2D eigenvalue weighted by Gasteiger charge is -2.33. The molecule has 0 bridgehead atoms. The summed E-state index contributed by atoms with van der Waals surface area (Å²) in [4.78, 5) is 53.4. The normalized spacial score (nSPS) is 26.7. The van der Waals surface area contributed by atoms with E-state index >= 15 is 0 Å². The highest BCUT2D eigenvalue weighted by Gasteiger charge is 2.45. The van der Waals surface area contributed by atoms with Crippen LogP contribution in [-0.2, 0) is 20.9 Å². The summed E-state index contributed by atoms with van der Waals surface area (Å²) in [6.07, 6.45) is 4.95. The van der Waals surface area contributed by atoms with E-state index in [2.05, 4.69) is 15.5 Å². The minimum absolute atomic E-state index is 0.118. The Morgan fingerprint density at radius 1 is 1.03 bits per heavy atom. The van der Waals surface area contributed by atoms with Gasteiger partial charge in [-0.05, 0) is 56.8 Å². The van der Waals surface area contributed by atoms with Crippen molar-refractivity contribution in [3.63, 3.8) is 0 Å². The van der Waals surface area contributed by atoms with E-state index in [1.165, 1.54) is 0 Å². The molecule has 0 aromatic heterocycles. The van der Waals surface area contributed by atoms with Crippen molar-refractivity contribution >= 4 is 23.6 Å². The number of carbonyl (C=O) groups is 4. The molecule has 0 saturated carbocycles. The highest BCUT2D eigenvalue weighted by molar-refractivity contribution is 6.24. The molecule has 4 heterocycles. The van der Waals surface area contributed by atoms with E-state index in [1.807, 2.05) is 6.07 Å². The molecule has 2 N–H and O–H groups in total. The molecule has 3 fully saturated rings. The molecule has 2 unspecified atom stereocenters. The van der Waals surface area contributed by atoms with Crippen LogP contribution in [0.25, 0.3) is 0 Å². The van der Waals surface area contributed by atoms with Gasteiger partial charge in [-0.25, -0.2) is 0 Å². The van der Waals surface area contributed by atoms with Crippen molar-refractivity contribution in [2.45, 2.75) is 63.3 Å². The van der Waals surface area contributed by atoms with Crippen LogP contribution in [0.15, 0.2) is 18.2 Å². The van der Waals surface area contributed by atoms with Gasteiger partial charge < -0.3 is 10.1 Å². The number of rotatable bonds is 6. The van der Waals surface area contributed by atoms with Crippen molar-refractivity contribution in [3.05, 3.63) is 34.9 Å². The van der Waals surface area contributed by atoms with E-state index in [9.17, 15) is 19.2 Å². The molecule has 176 valence electrons. The van der Waals surface area contributed by atoms with Crippen LogP contribution in [-0.4, -0.2) is 77.9 Å². The lowest BCUT2D eigenvalue weighted by molar-refractivity contribution is -0.136. The summed E-state index contributed by atoms with van der Waals surface area (Å²) in [6.45, 7) is 4.18. The van der Waals surface area contributed by atoms with Gasteiger partial charge in [0.05, 0.1) is 17.2 Å². The van der Waals surface area contributed by atoms with Gasteiger partial charge in [-0.3, -0.25) is 34.3 Å². The number of benzene rings is 1. The number of amides is 4. The maximum atomic E-state index is 13.3. The highest BCUT2D eigenvalue weighted by Crippen LogP contribution is 2.31. The second-order valence-corrected chi connectivity index (χ2v) is 9.38. The van der Waals surface area contributed by atoms with Crippen molar-refractivity contribution in [1.29, 1.82) is 0 Å². The maximum absolute atomic E-state index is 13.3. The van der Waals surface area contributed by atoms with Crippen LogP contribution in [0, 0.1) is 0 Å². The molecular formula is C24H30N4O5. The summed E-state index contributed by atoms with van der Waals surface area (Å²) >= 11 is 0. The number of hydrogen-bond acceptors (Lipinski definition) is 7. The first kappa shape index (κ1) is 22.2. The van der Waals surface area contributed by atoms with Gasteiger partial charge >= 0.3 is 0 Å². The Hall–Kier alpha value is -2.62. The predicted molar refractivity (Wildman–Crippen MR) is 118 cm³/mol. The number of nitrogens with one attached hydrogen (secondary N) is 2. The lowest BCUT2D eigenvalue weighted by atomic mass is 10.00. The zero-order chi connectivity index (χ0) is 22.9. The van der Waals surface area contributed by atoms with Gasteiger partial charge in [-0.1, -0.05) is 12.1 Å². The van der Waals surface area contributed by atoms with Crippen molar-refractivity contribution in [2.75, 3.05) is 26.2 Å². The van der Waals surface area contributed by atoms with Crippen molar-refractivity contribution in [2.24, 2.45) is 0 Å². The summed E-state index contributed by atoms with van der Waals surface area (Å²) < 4.78 is 5.69. The van der Waals surface area contributed by atoms with Gasteiger partial charge in [0.25, 0.3) is 11.8 Å². The van der Waals surface area contributed by atoms with Crippen LogP contribution in [0.2, 0.25) is 0 Å². The van der Waals surface area contributed by atoms with Gasteiger partial charge in [-0.15, -0.1) is 0 Å². The Labute approximate surface area is 192 Å². The van der Waals surface area contributed by atoms with Gasteiger partial charge in [0, 0.05) is 32.2 Å². The first-order chi connectivity index (χ1) is 16.0. The Morgan fingerprint density at radius 2 is 1.85 bits per heavy atom. The largest absolute Gasteiger partial charge is 0.377 e. The number of hydrogen-bond donors (Lipinski definition) is 2. The molecule has 9 heteroatoms. The quantitative estimate of drug-likeness (QED) is 0.613. The maximum Gasteiger partial charge on any atom is 0.262 e. The summed E-state index contributed by atoms with van der Waals surface area (Å²) in [6, 6.07) is 4.86. The number of ether oxygens (including phenoxy) is 1. The van der Waals surface area contributed by atoms with Crippen LogP contribution in [0.4, 0.5) is 0 Å². The van der Waals surface area contributed by atoms with Crippen LogP contribution < -0.4 is 10.6 Å². The van der Waals surface area contributed by atoms with Crippen LogP contribution in [0.1, 0.15) is 64.8 Å². The molecule has 2 atom stereocenters. The van der Waals surface area contributed by atoms with E-state index in [0.29, 0.717) is 29.8 Å². The number of imide groups is 2. The first-order valence-electron chi connectivity index (χ1n) is 11.9. The average Bonchev–Trinajstić information content (AvgIpc) is 3.41. The van der Waals surface area contributed by atoms with Crippen molar-refractivity contribution < 1.29 is 23.9 Å². The second-order valence-electron chi connectivity index (χ2n) is 9.38. The SMILES string of the molecule is O=C1CCC(N2C(=O)c3cccc(CN4CCC(NCC5CCCO5)CC4)c3C2=O)C(=O)N1.